The standard InChI is InChI=1S/C13H23N3O2/c1-3-16-8-10(7-12(16)17)13(18)15-11-4-5-14-9(2)6-11/h9-11,14H,3-8H2,1-2H3,(H,15,18). The molecule has 2 rings (SSSR count). The molecule has 0 radical (unpaired) electrons. The Morgan fingerprint density at radius 1 is 1.56 bits per heavy atom. The monoisotopic (exact) mass is 253 g/mol. The second kappa shape index (κ2) is 5.69. The molecule has 2 heterocycles. The van der Waals surface area contributed by atoms with E-state index in [9.17, 15) is 9.59 Å². The van der Waals surface area contributed by atoms with Crippen molar-refractivity contribution in [2.45, 2.75) is 45.2 Å². The lowest BCUT2D eigenvalue weighted by Gasteiger charge is -2.29. The first-order chi connectivity index (χ1) is 8.60. The predicted molar refractivity (Wildman–Crippen MR) is 69.0 cm³/mol. The second-order valence-electron chi connectivity index (χ2n) is 5.42. The van der Waals surface area contributed by atoms with E-state index in [0.717, 1.165) is 19.4 Å². The van der Waals surface area contributed by atoms with Gasteiger partial charge in [0.1, 0.15) is 0 Å². The second-order valence-corrected chi connectivity index (χ2v) is 5.42. The Morgan fingerprint density at radius 2 is 2.33 bits per heavy atom. The van der Waals surface area contributed by atoms with E-state index in [1.54, 1.807) is 4.90 Å². The summed E-state index contributed by atoms with van der Waals surface area (Å²) in [5, 5.41) is 6.46. The molecule has 0 aliphatic carbocycles. The van der Waals surface area contributed by atoms with Crippen LogP contribution in [0.25, 0.3) is 0 Å². The molecule has 3 atom stereocenters. The van der Waals surface area contributed by atoms with Crippen LogP contribution >= 0.6 is 0 Å². The first-order valence-corrected chi connectivity index (χ1v) is 6.91. The van der Waals surface area contributed by atoms with E-state index in [4.69, 9.17) is 0 Å². The Kier molecular flexibility index (Phi) is 4.22. The van der Waals surface area contributed by atoms with Crippen molar-refractivity contribution in [2.24, 2.45) is 5.92 Å². The fourth-order valence-electron chi connectivity index (χ4n) is 2.84. The lowest BCUT2D eigenvalue weighted by Crippen LogP contribution is -2.48. The first-order valence-electron chi connectivity index (χ1n) is 6.91. The van der Waals surface area contributed by atoms with E-state index in [2.05, 4.69) is 17.6 Å². The topological polar surface area (TPSA) is 61.4 Å². The number of amides is 2. The van der Waals surface area contributed by atoms with Crippen LogP contribution in [0.5, 0.6) is 0 Å². The molecule has 0 bridgehead atoms. The summed E-state index contributed by atoms with van der Waals surface area (Å²) < 4.78 is 0. The smallest absolute Gasteiger partial charge is 0.225 e. The fourth-order valence-corrected chi connectivity index (χ4v) is 2.84. The Labute approximate surface area is 108 Å². The summed E-state index contributed by atoms with van der Waals surface area (Å²) in [6, 6.07) is 0.723. The van der Waals surface area contributed by atoms with Gasteiger partial charge in [-0.15, -0.1) is 0 Å². The Balaban J connectivity index is 1.83. The highest BCUT2D eigenvalue weighted by Gasteiger charge is 2.34. The number of piperidine rings is 1. The van der Waals surface area contributed by atoms with Crippen molar-refractivity contribution in [2.75, 3.05) is 19.6 Å². The molecule has 2 amide bonds. The van der Waals surface area contributed by atoms with E-state index in [-0.39, 0.29) is 23.8 Å². The van der Waals surface area contributed by atoms with E-state index in [0.29, 0.717) is 25.6 Å². The highest BCUT2D eigenvalue weighted by atomic mass is 16.2. The van der Waals surface area contributed by atoms with Gasteiger partial charge in [-0.3, -0.25) is 9.59 Å². The molecule has 0 aromatic heterocycles. The summed E-state index contributed by atoms with van der Waals surface area (Å²) in [6.45, 7) is 6.33. The zero-order chi connectivity index (χ0) is 13.1. The third-order valence-corrected chi connectivity index (χ3v) is 3.94. The van der Waals surface area contributed by atoms with Crippen LogP contribution in [0.15, 0.2) is 0 Å². The SMILES string of the molecule is CCN1CC(C(=O)NC2CCNC(C)C2)CC1=O. The number of hydrogen-bond donors (Lipinski definition) is 2. The van der Waals surface area contributed by atoms with Crippen molar-refractivity contribution in [3.05, 3.63) is 0 Å². The molecular formula is C13H23N3O2. The molecule has 102 valence electrons. The predicted octanol–water partition coefficient (Wildman–Crippen LogP) is 0.112. The van der Waals surface area contributed by atoms with Crippen molar-refractivity contribution in [3.8, 4) is 0 Å². The van der Waals surface area contributed by atoms with E-state index in [1.165, 1.54) is 0 Å². The molecule has 0 aromatic carbocycles. The highest BCUT2D eigenvalue weighted by Crippen LogP contribution is 2.18. The third kappa shape index (κ3) is 3.02. The van der Waals surface area contributed by atoms with Crippen molar-refractivity contribution in [3.63, 3.8) is 0 Å². The number of hydrogen-bond acceptors (Lipinski definition) is 3. The van der Waals surface area contributed by atoms with Crippen molar-refractivity contribution in [1.82, 2.24) is 15.5 Å². The Bertz CT molecular complexity index is 332. The van der Waals surface area contributed by atoms with E-state index in [1.807, 2.05) is 6.92 Å². The summed E-state index contributed by atoms with van der Waals surface area (Å²) >= 11 is 0. The minimum atomic E-state index is -0.150. The molecule has 2 N–H and O–H groups in total. The van der Waals surface area contributed by atoms with Gasteiger partial charge in [-0.05, 0) is 33.2 Å². The lowest BCUT2D eigenvalue weighted by molar-refractivity contribution is -0.129. The largest absolute Gasteiger partial charge is 0.353 e. The van der Waals surface area contributed by atoms with Crippen molar-refractivity contribution in [1.29, 1.82) is 0 Å². The summed E-state index contributed by atoms with van der Waals surface area (Å²) in [4.78, 5) is 25.5. The molecule has 18 heavy (non-hydrogen) atoms. The minimum absolute atomic E-state index is 0.0541. The molecule has 0 saturated carbocycles. The zero-order valence-electron chi connectivity index (χ0n) is 11.2. The van der Waals surface area contributed by atoms with Gasteiger partial charge in [-0.25, -0.2) is 0 Å². The maximum atomic E-state index is 12.1. The molecule has 2 fully saturated rings. The van der Waals surface area contributed by atoms with E-state index < -0.39 is 0 Å². The summed E-state index contributed by atoms with van der Waals surface area (Å²) in [5.74, 6) is 0.0115. The maximum absolute atomic E-state index is 12.1. The van der Waals surface area contributed by atoms with Crippen LogP contribution in [-0.2, 0) is 9.59 Å². The molecular weight excluding hydrogens is 230 g/mol. The van der Waals surface area contributed by atoms with Gasteiger partial charge in [0, 0.05) is 31.6 Å². The number of carbonyl (C=O) groups excluding carboxylic acids is 2. The number of likely N-dealkylation sites (tertiary alicyclic amines) is 1. The molecule has 5 nitrogen and oxygen atoms in total. The molecule has 3 unspecified atom stereocenters. The number of nitrogens with zero attached hydrogens (tertiary/aromatic N) is 1. The number of nitrogens with one attached hydrogen (secondary N) is 2. The first kappa shape index (κ1) is 13.3. The van der Waals surface area contributed by atoms with Crippen LogP contribution < -0.4 is 10.6 Å². The van der Waals surface area contributed by atoms with Gasteiger partial charge in [0.05, 0.1) is 5.92 Å². The van der Waals surface area contributed by atoms with Gasteiger partial charge in [-0.1, -0.05) is 0 Å². The molecule has 0 aromatic rings. The molecule has 2 aliphatic heterocycles. The van der Waals surface area contributed by atoms with Gasteiger partial charge >= 0.3 is 0 Å². The lowest BCUT2D eigenvalue weighted by atomic mass is 9.99. The number of carbonyl (C=O) groups is 2. The summed E-state index contributed by atoms with van der Waals surface area (Å²) in [7, 11) is 0. The Morgan fingerprint density at radius 3 is 2.94 bits per heavy atom. The van der Waals surface area contributed by atoms with Crippen LogP contribution in [0.2, 0.25) is 0 Å². The molecule has 2 aliphatic rings. The third-order valence-electron chi connectivity index (χ3n) is 3.94. The van der Waals surface area contributed by atoms with Gasteiger partial charge < -0.3 is 15.5 Å². The van der Waals surface area contributed by atoms with Crippen molar-refractivity contribution < 1.29 is 9.59 Å². The fraction of sp³-hybridized carbons (Fsp3) is 0.846. The van der Waals surface area contributed by atoms with Gasteiger partial charge in [0.25, 0.3) is 0 Å². The minimum Gasteiger partial charge on any atom is -0.353 e. The highest BCUT2D eigenvalue weighted by molar-refractivity contribution is 5.89. The average Bonchev–Trinajstić information content (AvgIpc) is 2.70. The van der Waals surface area contributed by atoms with Crippen LogP contribution in [0.4, 0.5) is 0 Å². The van der Waals surface area contributed by atoms with Crippen LogP contribution in [0.1, 0.15) is 33.1 Å². The maximum Gasteiger partial charge on any atom is 0.225 e. The van der Waals surface area contributed by atoms with Crippen LogP contribution in [0.3, 0.4) is 0 Å². The zero-order valence-corrected chi connectivity index (χ0v) is 11.2. The van der Waals surface area contributed by atoms with E-state index >= 15 is 0 Å². The van der Waals surface area contributed by atoms with Gasteiger partial charge in [0.2, 0.25) is 11.8 Å². The van der Waals surface area contributed by atoms with Crippen LogP contribution in [0, 0.1) is 5.92 Å². The summed E-state index contributed by atoms with van der Waals surface area (Å²) in [5.41, 5.74) is 0. The number of rotatable bonds is 3. The average molecular weight is 253 g/mol. The van der Waals surface area contributed by atoms with Gasteiger partial charge in [-0.2, -0.15) is 0 Å². The van der Waals surface area contributed by atoms with Crippen molar-refractivity contribution >= 4 is 11.8 Å². The Hall–Kier alpha value is -1.10. The van der Waals surface area contributed by atoms with Crippen LogP contribution in [-0.4, -0.2) is 48.4 Å². The van der Waals surface area contributed by atoms with Gasteiger partial charge in [0.15, 0.2) is 0 Å². The molecule has 0 spiro atoms. The normalized spacial score (nSPS) is 32.7. The summed E-state index contributed by atoms with van der Waals surface area (Å²) in [6.07, 6.45) is 2.33. The molecule has 2 saturated heterocycles. The quantitative estimate of drug-likeness (QED) is 0.750. The molecule has 5 heteroatoms.